The van der Waals surface area contributed by atoms with Gasteiger partial charge in [0.05, 0.1) is 12.3 Å². The van der Waals surface area contributed by atoms with Crippen molar-refractivity contribution in [2.75, 3.05) is 6.54 Å². The van der Waals surface area contributed by atoms with Crippen LogP contribution >= 0.6 is 12.2 Å². The Labute approximate surface area is 187 Å². The van der Waals surface area contributed by atoms with Gasteiger partial charge < -0.3 is 5.11 Å². The second-order valence-electron chi connectivity index (χ2n) is 8.21. The normalized spacial score (nSPS) is 19.5. The van der Waals surface area contributed by atoms with Crippen molar-refractivity contribution < 1.29 is 5.11 Å². The minimum Gasteiger partial charge on any atom is -0.494 e. The van der Waals surface area contributed by atoms with Gasteiger partial charge in [0.15, 0.2) is 4.77 Å². The Morgan fingerprint density at radius 1 is 1.32 bits per heavy atom. The highest BCUT2D eigenvalue weighted by atomic mass is 32.1. The summed E-state index contributed by atoms with van der Waals surface area (Å²) in [6.45, 7) is 1.33. The summed E-state index contributed by atoms with van der Waals surface area (Å²) >= 11 is 5.31. The lowest BCUT2D eigenvalue weighted by Gasteiger charge is -2.33. The number of H-pyrrole nitrogens is 1. The molecule has 7 nitrogen and oxygen atoms in total. The minimum absolute atomic E-state index is 0.114. The molecule has 8 heteroatoms. The van der Waals surface area contributed by atoms with E-state index in [2.05, 4.69) is 27.2 Å². The van der Waals surface area contributed by atoms with Gasteiger partial charge in [-0.15, -0.1) is 0 Å². The molecule has 4 rings (SSSR count). The molecule has 2 aromatic heterocycles. The lowest BCUT2D eigenvalue weighted by molar-refractivity contribution is 0.156. The van der Waals surface area contributed by atoms with Gasteiger partial charge in [0, 0.05) is 25.5 Å². The fraction of sp³-hybridized carbons (Fsp3) is 0.478. The first-order chi connectivity index (χ1) is 15.1. The quantitative estimate of drug-likeness (QED) is 0.394. The molecule has 31 heavy (non-hydrogen) atoms. The third kappa shape index (κ3) is 5.12. The Morgan fingerprint density at radius 2 is 2.23 bits per heavy atom. The predicted molar refractivity (Wildman–Crippen MR) is 124 cm³/mol. The van der Waals surface area contributed by atoms with Crippen LogP contribution in [0.4, 0.5) is 0 Å². The maximum atomic E-state index is 12.5. The zero-order valence-electron chi connectivity index (χ0n) is 17.7. The third-order valence-electron chi connectivity index (χ3n) is 6.13. The average Bonchev–Trinajstić information content (AvgIpc) is 2.80. The van der Waals surface area contributed by atoms with E-state index >= 15 is 0 Å². The van der Waals surface area contributed by atoms with Gasteiger partial charge in [0.25, 0.3) is 5.56 Å². The number of allylic oxidation sites excluding steroid dienone is 2. The Kier molecular flexibility index (Phi) is 6.96. The van der Waals surface area contributed by atoms with Crippen molar-refractivity contribution >= 4 is 18.4 Å². The van der Waals surface area contributed by atoms with Gasteiger partial charge in [0.1, 0.15) is 5.56 Å². The van der Waals surface area contributed by atoms with Gasteiger partial charge in [-0.1, -0.05) is 17.7 Å². The lowest BCUT2D eigenvalue weighted by Crippen LogP contribution is -2.29. The van der Waals surface area contributed by atoms with Gasteiger partial charge in [0.2, 0.25) is 5.88 Å². The molecule has 0 aromatic carbocycles. The van der Waals surface area contributed by atoms with Crippen LogP contribution in [0.1, 0.15) is 68.5 Å². The molecule has 1 aliphatic carbocycles. The van der Waals surface area contributed by atoms with Crippen molar-refractivity contribution in [3.05, 3.63) is 62.4 Å². The van der Waals surface area contributed by atoms with Crippen LogP contribution in [-0.2, 0) is 6.54 Å². The van der Waals surface area contributed by atoms with Crippen LogP contribution in [-0.4, -0.2) is 37.4 Å². The molecule has 3 heterocycles. The lowest BCUT2D eigenvalue weighted by atomic mass is 9.97. The molecule has 0 unspecified atom stereocenters. The Morgan fingerprint density at radius 3 is 3.00 bits per heavy atom. The van der Waals surface area contributed by atoms with Crippen LogP contribution in [0, 0.1) is 4.77 Å². The SMILES string of the molecule is O=c1[nH]c(=S)n(CCC2=CCCCC2)c(O)c1C=NN1CCCC[C@@H]1c1cccnc1. The van der Waals surface area contributed by atoms with Gasteiger partial charge in [-0.25, -0.2) is 0 Å². The smallest absolute Gasteiger partial charge is 0.264 e. The largest absolute Gasteiger partial charge is 0.494 e. The van der Waals surface area contributed by atoms with E-state index in [4.69, 9.17) is 12.2 Å². The summed E-state index contributed by atoms with van der Waals surface area (Å²) in [5, 5.41) is 17.4. The Bertz CT molecular complexity index is 1070. The van der Waals surface area contributed by atoms with Crippen molar-refractivity contribution in [3.63, 3.8) is 0 Å². The molecule has 2 N–H and O–H groups in total. The molecule has 1 saturated heterocycles. The topological polar surface area (TPSA) is 86.5 Å². The number of hydrogen-bond donors (Lipinski definition) is 2. The number of piperidine rings is 1. The molecule has 0 radical (unpaired) electrons. The van der Waals surface area contributed by atoms with E-state index in [0.29, 0.717) is 6.54 Å². The first-order valence-electron chi connectivity index (χ1n) is 11.1. The molecule has 1 atom stereocenters. The standard InChI is InChI=1S/C23H29N5O2S/c29-21-19(16-25-28-13-5-4-10-20(28)18-9-6-12-24-15-18)22(30)27(23(31)26-21)14-11-17-7-2-1-3-8-17/h6-7,9,12,15-16,20,30H,1-5,8,10-11,13-14H2,(H,26,29,31)/t20-/m1/s1. The van der Waals surface area contributed by atoms with E-state index in [1.54, 1.807) is 10.8 Å². The summed E-state index contributed by atoms with van der Waals surface area (Å²) in [5.41, 5.74) is 2.21. The number of hydrogen-bond acceptors (Lipinski definition) is 6. The Hall–Kier alpha value is -2.74. The molecule has 0 spiro atoms. The van der Waals surface area contributed by atoms with E-state index < -0.39 is 5.56 Å². The van der Waals surface area contributed by atoms with E-state index in [9.17, 15) is 9.90 Å². The summed E-state index contributed by atoms with van der Waals surface area (Å²) < 4.78 is 1.84. The van der Waals surface area contributed by atoms with Crippen LogP contribution in [0.25, 0.3) is 0 Å². The zero-order valence-corrected chi connectivity index (χ0v) is 18.5. The second kappa shape index (κ2) is 10.0. The molecule has 164 valence electrons. The molecule has 2 aliphatic rings. The highest BCUT2D eigenvalue weighted by Crippen LogP contribution is 2.30. The first-order valence-corrected chi connectivity index (χ1v) is 11.5. The summed E-state index contributed by atoms with van der Waals surface area (Å²) in [4.78, 5) is 19.4. The monoisotopic (exact) mass is 439 g/mol. The number of hydrazone groups is 1. The van der Waals surface area contributed by atoms with Gasteiger partial charge >= 0.3 is 0 Å². The van der Waals surface area contributed by atoms with Crippen LogP contribution in [0.15, 0.2) is 46.1 Å². The van der Waals surface area contributed by atoms with E-state index in [1.165, 1.54) is 24.6 Å². The molecule has 1 aliphatic heterocycles. The zero-order chi connectivity index (χ0) is 21.6. The molecule has 0 bridgehead atoms. The number of aromatic nitrogens is 3. The van der Waals surface area contributed by atoms with Crippen LogP contribution in [0.3, 0.4) is 0 Å². The molecular weight excluding hydrogens is 410 g/mol. The third-order valence-corrected chi connectivity index (χ3v) is 6.45. The Balaban J connectivity index is 1.57. The van der Waals surface area contributed by atoms with E-state index in [-0.39, 0.29) is 22.3 Å². The highest BCUT2D eigenvalue weighted by molar-refractivity contribution is 7.71. The molecule has 0 saturated carbocycles. The van der Waals surface area contributed by atoms with Crippen molar-refractivity contribution in [3.8, 4) is 5.88 Å². The average molecular weight is 440 g/mol. The molecule has 2 aromatic rings. The maximum Gasteiger partial charge on any atom is 0.264 e. The number of nitrogens with one attached hydrogen (secondary N) is 1. The number of nitrogens with zero attached hydrogens (tertiary/aromatic N) is 4. The molecular formula is C23H29N5O2S. The molecule has 1 fully saturated rings. The van der Waals surface area contributed by atoms with Crippen molar-refractivity contribution in [2.45, 2.75) is 64.0 Å². The number of aromatic hydroxyl groups is 1. The second-order valence-corrected chi connectivity index (χ2v) is 8.60. The van der Waals surface area contributed by atoms with Crippen molar-refractivity contribution in [1.29, 1.82) is 0 Å². The van der Waals surface area contributed by atoms with Crippen LogP contribution in [0.2, 0.25) is 0 Å². The van der Waals surface area contributed by atoms with Crippen LogP contribution in [0.5, 0.6) is 5.88 Å². The van der Waals surface area contributed by atoms with E-state index in [0.717, 1.165) is 50.6 Å². The highest BCUT2D eigenvalue weighted by Gasteiger charge is 2.23. The molecule has 0 amide bonds. The van der Waals surface area contributed by atoms with Gasteiger partial charge in [-0.05, 0) is 75.2 Å². The number of pyridine rings is 1. The predicted octanol–water partition coefficient (Wildman–Crippen LogP) is 4.46. The maximum absolute atomic E-state index is 12.5. The summed E-state index contributed by atoms with van der Waals surface area (Å²) in [7, 11) is 0. The number of aromatic amines is 1. The van der Waals surface area contributed by atoms with Gasteiger partial charge in [-0.2, -0.15) is 5.10 Å². The van der Waals surface area contributed by atoms with Gasteiger partial charge in [-0.3, -0.25) is 24.3 Å². The van der Waals surface area contributed by atoms with Crippen molar-refractivity contribution in [2.24, 2.45) is 5.10 Å². The minimum atomic E-state index is -0.422. The summed E-state index contributed by atoms with van der Waals surface area (Å²) in [6.07, 6.45) is 16.0. The first kappa shape index (κ1) is 21.5. The fourth-order valence-electron chi connectivity index (χ4n) is 4.38. The summed E-state index contributed by atoms with van der Waals surface area (Å²) in [5.74, 6) is -0.121. The number of rotatable bonds is 6. The van der Waals surface area contributed by atoms with Crippen LogP contribution < -0.4 is 5.56 Å². The van der Waals surface area contributed by atoms with E-state index in [1.807, 2.05) is 17.3 Å². The summed E-state index contributed by atoms with van der Waals surface area (Å²) in [6, 6.07) is 4.09. The van der Waals surface area contributed by atoms with Crippen molar-refractivity contribution in [1.82, 2.24) is 19.5 Å². The fourth-order valence-corrected chi connectivity index (χ4v) is 4.65.